The van der Waals surface area contributed by atoms with Gasteiger partial charge in [0.1, 0.15) is 0 Å². The first-order valence-corrected chi connectivity index (χ1v) is 8.29. The minimum absolute atomic E-state index is 0.0498. The molecule has 0 spiro atoms. The molecular weight excluding hydrogens is 292 g/mol. The predicted molar refractivity (Wildman–Crippen MR) is 86.7 cm³/mol. The molecule has 3 fully saturated rings. The Morgan fingerprint density at radius 2 is 2.26 bits per heavy atom. The number of nitrogens with one attached hydrogen (secondary N) is 1. The first-order valence-electron chi connectivity index (χ1n) is 8.29. The molecule has 0 saturated carbocycles. The number of ether oxygens (including phenoxy) is 2. The summed E-state index contributed by atoms with van der Waals surface area (Å²) in [7, 11) is 0. The number of hydrogen-bond acceptors (Lipinski definition) is 4. The van der Waals surface area contributed by atoms with Crippen LogP contribution in [0, 0.1) is 11.8 Å². The molecule has 0 aliphatic carbocycles. The predicted octanol–water partition coefficient (Wildman–Crippen LogP) is 2.04. The van der Waals surface area contributed by atoms with Crippen LogP contribution < -0.4 is 14.8 Å². The Labute approximate surface area is 136 Å². The molecule has 122 valence electrons. The van der Waals surface area contributed by atoms with Crippen LogP contribution >= 0.6 is 0 Å². The highest BCUT2D eigenvalue weighted by Gasteiger charge is 2.38. The molecule has 4 aliphatic rings. The van der Waals surface area contributed by atoms with Gasteiger partial charge in [0.05, 0.1) is 0 Å². The van der Waals surface area contributed by atoms with Crippen LogP contribution in [0.4, 0.5) is 0 Å². The second-order valence-electron chi connectivity index (χ2n) is 6.61. The van der Waals surface area contributed by atoms with E-state index in [9.17, 15) is 4.79 Å². The molecule has 1 aromatic rings. The number of hydrogen-bond donors (Lipinski definition) is 1. The molecule has 5 nitrogen and oxygen atoms in total. The third-order valence-electron chi connectivity index (χ3n) is 5.36. The maximum Gasteiger partial charge on any atom is 0.251 e. The number of fused-ring (bicyclic) bond motifs is 4. The minimum Gasteiger partial charge on any atom is -0.454 e. The van der Waals surface area contributed by atoms with E-state index in [1.165, 1.54) is 6.42 Å². The SMILES string of the molecule is C=C[C@@H]1CN2CC[C@H]1C[C@@H]2CNC(=O)c1ccc2c(c1)OCO2. The Kier molecular flexibility index (Phi) is 3.73. The number of benzene rings is 1. The Morgan fingerprint density at radius 1 is 1.39 bits per heavy atom. The Balaban J connectivity index is 1.36. The largest absolute Gasteiger partial charge is 0.454 e. The average molecular weight is 314 g/mol. The molecule has 3 saturated heterocycles. The maximum atomic E-state index is 12.4. The smallest absolute Gasteiger partial charge is 0.251 e. The molecule has 1 unspecified atom stereocenters. The van der Waals surface area contributed by atoms with Gasteiger partial charge in [-0.15, -0.1) is 6.58 Å². The number of rotatable bonds is 4. The van der Waals surface area contributed by atoms with E-state index in [1.54, 1.807) is 18.2 Å². The summed E-state index contributed by atoms with van der Waals surface area (Å²) in [4.78, 5) is 14.9. The lowest BCUT2D eigenvalue weighted by atomic mass is 9.75. The fraction of sp³-hybridized carbons (Fsp3) is 0.500. The first-order chi connectivity index (χ1) is 11.2. The molecule has 5 rings (SSSR count). The highest BCUT2D eigenvalue weighted by molar-refractivity contribution is 5.94. The van der Waals surface area contributed by atoms with E-state index in [0.717, 1.165) is 25.4 Å². The summed E-state index contributed by atoms with van der Waals surface area (Å²) in [6, 6.07) is 5.77. The number of amides is 1. The average Bonchev–Trinajstić information content (AvgIpc) is 3.07. The van der Waals surface area contributed by atoms with Crippen LogP contribution in [0.15, 0.2) is 30.9 Å². The summed E-state index contributed by atoms with van der Waals surface area (Å²) in [6.07, 6.45) is 4.50. The van der Waals surface area contributed by atoms with Crippen molar-refractivity contribution in [1.29, 1.82) is 0 Å². The molecule has 4 heterocycles. The van der Waals surface area contributed by atoms with Gasteiger partial charge in [-0.1, -0.05) is 6.08 Å². The topological polar surface area (TPSA) is 50.8 Å². The van der Waals surface area contributed by atoms with Crippen molar-refractivity contribution in [3.05, 3.63) is 36.4 Å². The van der Waals surface area contributed by atoms with E-state index in [0.29, 0.717) is 35.6 Å². The van der Waals surface area contributed by atoms with E-state index >= 15 is 0 Å². The molecule has 2 bridgehead atoms. The first kappa shape index (κ1) is 14.6. The van der Waals surface area contributed by atoms with Crippen molar-refractivity contribution in [3.8, 4) is 11.5 Å². The summed E-state index contributed by atoms with van der Waals surface area (Å²) in [6.45, 7) is 7.10. The zero-order valence-corrected chi connectivity index (χ0v) is 13.2. The van der Waals surface area contributed by atoms with Gasteiger partial charge in [0, 0.05) is 24.7 Å². The fourth-order valence-electron chi connectivity index (χ4n) is 4.01. The summed E-state index contributed by atoms with van der Waals surface area (Å²) in [5.41, 5.74) is 0.620. The van der Waals surface area contributed by atoms with Gasteiger partial charge in [0.15, 0.2) is 11.5 Å². The quantitative estimate of drug-likeness (QED) is 0.864. The van der Waals surface area contributed by atoms with Crippen LogP contribution in [0.2, 0.25) is 0 Å². The lowest BCUT2D eigenvalue weighted by Gasteiger charge is -2.49. The maximum absolute atomic E-state index is 12.4. The van der Waals surface area contributed by atoms with Gasteiger partial charge in [-0.05, 0) is 49.4 Å². The fourth-order valence-corrected chi connectivity index (χ4v) is 4.01. The van der Waals surface area contributed by atoms with Gasteiger partial charge in [0.25, 0.3) is 5.91 Å². The number of carbonyl (C=O) groups is 1. The van der Waals surface area contributed by atoms with Gasteiger partial charge in [-0.25, -0.2) is 0 Å². The van der Waals surface area contributed by atoms with Crippen LogP contribution in [0.5, 0.6) is 11.5 Å². The zero-order valence-electron chi connectivity index (χ0n) is 13.2. The molecule has 1 aromatic carbocycles. The van der Waals surface area contributed by atoms with Crippen LogP contribution in [0.3, 0.4) is 0 Å². The number of piperidine rings is 3. The monoisotopic (exact) mass is 314 g/mol. The molecule has 1 amide bonds. The van der Waals surface area contributed by atoms with Crippen molar-refractivity contribution in [3.63, 3.8) is 0 Å². The second kappa shape index (κ2) is 5.89. The normalized spacial score (nSPS) is 31.0. The van der Waals surface area contributed by atoms with Gasteiger partial charge in [0.2, 0.25) is 6.79 Å². The van der Waals surface area contributed by atoms with Crippen molar-refractivity contribution >= 4 is 5.91 Å². The zero-order chi connectivity index (χ0) is 15.8. The third-order valence-corrected chi connectivity index (χ3v) is 5.36. The lowest BCUT2D eigenvalue weighted by molar-refractivity contribution is 0.0195. The summed E-state index contributed by atoms with van der Waals surface area (Å²) >= 11 is 0. The van der Waals surface area contributed by atoms with E-state index < -0.39 is 0 Å². The van der Waals surface area contributed by atoms with E-state index in [2.05, 4.69) is 22.9 Å². The van der Waals surface area contributed by atoms with Crippen molar-refractivity contribution in [2.24, 2.45) is 11.8 Å². The Hall–Kier alpha value is -2.01. The van der Waals surface area contributed by atoms with Crippen molar-refractivity contribution in [2.45, 2.75) is 18.9 Å². The summed E-state index contributed by atoms with van der Waals surface area (Å²) < 4.78 is 10.6. The molecule has 4 atom stereocenters. The molecular formula is C18H22N2O3. The summed E-state index contributed by atoms with van der Waals surface area (Å²) in [5.74, 6) is 2.64. The minimum atomic E-state index is -0.0498. The van der Waals surface area contributed by atoms with Gasteiger partial charge >= 0.3 is 0 Å². The Bertz CT molecular complexity index is 631. The summed E-state index contributed by atoms with van der Waals surface area (Å²) in [5, 5.41) is 3.07. The van der Waals surface area contributed by atoms with Gasteiger partial charge in [-0.3, -0.25) is 9.69 Å². The standard InChI is InChI=1S/C18H22N2O3/c1-2-12-10-20-6-5-13(12)7-15(20)9-19-18(21)14-3-4-16-17(8-14)23-11-22-16/h2-4,8,12-13,15H,1,5-7,9-11H2,(H,19,21)/t12-,13+,15-/m1/s1. The molecule has 1 N–H and O–H groups in total. The highest BCUT2D eigenvalue weighted by atomic mass is 16.7. The van der Waals surface area contributed by atoms with Crippen LogP contribution in [0.1, 0.15) is 23.2 Å². The molecule has 5 heteroatoms. The molecule has 0 aromatic heterocycles. The highest BCUT2D eigenvalue weighted by Crippen LogP contribution is 2.36. The van der Waals surface area contributed by atoms with Crippen LogP contribution in [-0.2, 0) is 0 Å². The van der Waals surface area contributed by atoms with Crippen LogP contribution in [-0.4, -0.2) is 43.3 Å². The number of carbonyl (C=O) groups excluding carboxylic acids is 1. The molecule has 23 heavy (non-hydrogen) atoms. The van der Waals surface area contributed by atoms with Gasteiger partial charge < -0.3 is 14.8 Å². The second-order valence-corrected chi connectivity index (χ2v) is 6.61. The van der Waals surface area contributed by atoms with Crippen LogP contribution in [0.25, 0.3) is 0 Å². The van der Waals surface area contributed by atoms with Crippen molar-refractivity contribution in [1.82, 2.24) is 10.2 Å². The lowest BCUT2D eigenvalue weighted by Crippen LogP contribution is -2.56. The van der Waals surface area contributed by atoms with E-state index in [-0.39, 0.29) is 12.7 Å². The number of nitrogens with zero attached hydrogens (tertiary/aromatic N) is 1. The van der Waals surface area contributed by atoms with Crippen molar-refractivity contribution < 1.29 is 14.3 Å². The third kappa shape index (κ3) is 2.70. The molecule has 0 radical (unpaired) electrons. The van der Waals surface area contributed by atoms with Crippen molar-refractivity contribution in [2.75, 3.05) is 26.4 Å². The Morgan fingerprint density at radius 3 is 3.04 bits per heavy atom. The van der Waals surface area contributed by atoms with E-state index in [4.69, 9.17) is 9.47 Å². The molecule has 4 aliphatic heterocycles. The van der Waals surface area contributed by atoms with E-state index in [1.807, 2.05) is 0 Å². The van der Waals surface area contributed by atoms with Gasteiger partial charge in [-0.2, -0.15) is 0 Å².